The first kappa shape index (κ1) is 16.4. The molecule has 2 aromatic rings. The molecule has 0 saturated heterocycles. The Bertz CT molecular complexity index is 721. The quantitative estimate of drug-likeness (QED) is 0.888. The maximum atomic E-state index is 12.4. The second-order valence-electron chi connectivity index (χ2n) is 6.16. The van der Waals surface area contributed by atoms with E-state index in [1.54, 1.807) is 17.7 Å². The van der Waals surface area contributed by atoms with Crippen LogP contribution in [0.1, 0.15) is 28.9 Å². The largest absolute Gasteiger partial charge is 0.348 e. The normalized spacial score (nSPS) is 23.4. The van der Waals surface area contributed by atoms with Gasteiger partial charge in [0.1, 0.15) is 10.8 Å². The highest BCUT2D eigenvalue weighted by Crippen LogP contribution is 2.43. The van der Waals surface area contributed by atoms with E-state index in [4.69, 9.17) is 28.9 Å². The topological polar surface area (TPSA) is 60.0 Å². The summed E-state index contributed by atoms with van der Waals surface area (Å²) >= 11 is 12.0. The van der Waals surface area contributed by atoms with Crippen molar-refractivity contribution < 1.29 is 4.79 Å². The summed E-state index contributed by atoms with van der Waals surface area (Å²) in [5, 5.41) is 3.79. The van der Waals surface area contributed by atoms with Gasteiger partial charge in [-0.05, 0) is 24.5 Å². The van der Waals surface area contributed by atoms with Crippen LogP contribution in [0.2, 0.25) is 10.2 Å². The summed E-state index contributed by atoms with van der Waals surface area (Å²) in [7, 11) is 1.72. The number of nitrogens with zero attached hydrogens (tertiary/aromatic N) is 1. The third-order valence-corrected chi connectivity index (χ3v) is 5.58. The average Bonchev–Trinajstić information content (AvgIpc) is 2.79. The van der Waals surface area contributed by atoms with Crippen LogP contribution in [0.3, 0.4) is 0 Å². The van der Waals surface area contributed by atoms with Crippen molar-refractivity contribution in [2.75, 3.05) is 6.54 Å². The number of hydrogen-bond donors (Lipinski definition) is 2. The van der Waals surface area contributed by atoms with Crippen molar-refractivity contribution >= 4 is 29.1 Å². The fourth-order valence-corrected chi connectivity index (χ4v) is 3.69. The first-order valence-corrected chi connectivity index (χ1v) is 8.29. The minimum absolute atomic E-state index is 0.0390. The van der Waals surface area contributed by atoms with Crippen molar-refractivity contribution in [2.24, 2.45) is 12.8 Å². The summed E-state index contributed by atoms with van der Waals surface area (Å²) in [5.41, 5.74) is 7.66. The molecular weight excluding hydrogens is 333 g/mol. The Morgan fingerprint density at radius 3 is 2.52 bits per heavy atom. The molecule has 0 bridgehead atoms. The molecule has 1 amide bonds. The highest BCUT2D eigenvalue weighted by atomic mass is 35.5. The molecule has 4 nitrogen and oxygen atoms in total. The van der Waals surface area contributed by atoms with Crippen molar-refractivity contribution in [3.05, 3.63) is 57.8 Å². The Labute approximate surface area is 145 Å². The Morgan fingerprint density at radius 2 is 2.00 bits per heavy atom. The number of nitrogens with two attached hydrogens (primary N) is 1. The number of aromatic nitrogens is 1. The predicted octanol–water partition coefficient (Wildman–Crippen LogP) is 3.12. The summed E-state index contributed by atoms with van der Waals surface area (Å²) in [5.74, 6) is -0.162. The van der Waals surface area contributed by atoms with E-state index < -0.39 is 0 Å². The number of carbonyl (C=O) groups excluding carboxylic acids is 1. The molecule has 1 saturated carbocycles. The maximum absolute atomic E-state index is 12.4. The van der Waals surface area contributed by atoms with Gasteiger partial charge >= 0.3 is 0 Å². The van der Waals surface area contributed by atoms with Crippen LogP contribution in [-0.4, -0.2) is 23.1 Å². The lowest BCUT2D eigenvalue weighted by Crippen LogP contribution is -2.56. The van der Waals surface area contributed by atoms with Crippen LogP contribution in [0, 0.1) is 0 Å². The zero-order valence-electron chi connectivity index (χ0n) is 12.9. The second-order valence-corrected chi connectivity index (χ2v) is 6.92. The van der Waals surface area contributed by atoms with Crippen LogP contribution in [-0.2, 0) is 12.5 Å². The first-order chi connectivity index (χ1) is 11.0. The van der Waals surface area contributed by atoms with Gasteiger partial charge in [0.15, 0.2) is 0 Å². The molecule has 0 atom stereocenters. The number of carbonyl (C=O) groups is 1. The van der Waals surface area contributed by atoms with Gasteiger partial charge in [-0.25, -0.2) is 0 Å². The molecular formula is C17H19Cl2N3O. The molecule has 1 fully saturated rings. The van der Waals surface area contributed by atoms with Gasteiger partial charge in [0.2, 0.25) is 0 Å². The minimum atomic E-state index is -0.162. The molecule has 3 N–H and O–H groups in total. The van der Waals surface area contributed by atoms with Gasteiger partial charge in [-0.3, -0.25) is 4.79 Å². The highest BCUT2D eigenvalue weighted by molar-refractivity contribution is 6.41. The molecule has 0 spiro atoms. The van der Waals surface area contributed by atoms with Crippen molar-refractivity contribution in [1.29, 1.82) is 0 Å². The van der Waals surface area contributed by atoms with E-state index in [-0.39, 0.29) is 17.4 Å². The lowest BCUT2D eigenvalue weighted by Gasteiger charge is -2.47. The van der Waals surface area contributed by atoms with Crippen LogP contribution < -0.4 is 11.1 Å². The average molecular weight is 352 g/mol. The van der Waals surface area contributed by atoms with Gasteiger partial charge < -0.3 is 15.6 Å². The molecule has 0 radical (unpaired) electrons. The summed E-state index contributed by atoms with van der Waals surface area (Å²) in [6.45, 7) is 0.575. The molecule has 0 aliphatic heterocycles. The molecule has 6 heteroatoms. The monoisotopic (exact) mass is 351 g/mol. The first-order valence-electron chi connectivity index (χ1n) is 7.54. The molecule has 1 aliphatic carbocycles. The van der Waals surface area contributed by atoms with Gasteiger partial charge in [-0.2, -0.15) is 0 Å². The van der Waals surface area contributed by atoms with E-state index in [1.165, 1.54) is 5.56 Å². The second kappa shape index (κ2) is 6.19. The Balaban J connectivity index is 1.68. The summed E-state index contributed by atoms with van der Waals surface area (Å²) in [6.07, 6.45) is 1.68. The smallest absolute Gasteiger partial charge is 0.268 e. The van der Waals surface area contributed by atoms with Crippen LogP contribution >= 0.6 is 23.2 Å². The number of benzene rings is 1. The van der Waals surface area contributed by atoms with Gasteiger partial charge in [-0.1, -0.05) is 53.5 Å². The van der Waals surface area contributed by atoms with Crippen LogP contribution in [0.15, 0.2) is 36.4 Å². The minimum Gasteiger partial charge on any atom is -0.348 e. The third kappa shape index (κ3) is 2.87. The number of rotatable bonds is 4. The number of hydrogen-bond acceptors (Lipinski definition) is 2. The van der Waals surface area contributed by atoms with Crippen molar-refractivity contribution in [3.8, 4) is 0 Å². The molecule has 0 unspecified atom stereocenters. The molecule has 1 aromatic heterocycles. The van der Waals surface area contributed by atoms with Crippen LogP contribution in [0.25, 0.3) is 0 Å². The van der Waals surface area contributed by atoms with E-state index in [0.29, 0.717) is 22.4 Å². The van der Waals surface area contributed by atoms with E-state index in [0.717, 1.165) is 12.8 Å². The van der Waals surface area contributed by atoms with Gasteiger partial charge in [0.25, 0.3) is 5.91 Å². The van der Waals surface area contributed by atoms with E-state index >= 15 is 0 Å². The van der Waals surface area contributed by atoms with Crippen LogP contribution in [0.5, 0.6) is 0 Å². The number of amides is 1. The molecule has 122 valence electrons. The lowest BCUT2D eigenvalue weighted by atomic mass is 9.61. The lowest BCUT2D eigenvalue weighted by molar-refractivity contribution is 0.0858. The van der Waals surface area contributed by atoms with E-state index in [9.17, 15) is 4.79 Å². The highest BCUT2D eigenvalue weighted by Gasteiger charge is 2.45. The van der Waals surface area contributed by atoms with Gasteiger partial charge in [0, 0.05) is 25.0 Å². The number of nitrogens with one attached hydrogen (secondary N) is 1. The maximum Gasteiger partial charge on any atom is 0.268 e. The van der Waals surface area contributed by atoms with Crippen molar-refractivity contribution in [2.45, 2.75) is 24.3 Å². The SMILES string of the molecule is Cn1c(C(=O)NC2CC(CN)(c3ccccc3)C2)cc(Cl)c1Cl. The Hall–Kier alpha value is -1.49. The van der Waals surface area contributed by atoms with Crippen molar-refractivity contribution in [1.82, 2.24) is 9.88 Å². The Morgan fingerprint density at radius 1 is 1.35 bits per heavy atom. The summed E-state index contributed by atoms with van der Waals surface area (Å²) in [4.78, 5) is 12.4. The summed E-state index contributed by atoms with van der Waals surface area (Å²) < 4.78 is 1.59. The summed E-state index contributed by atoms with van der Waals surface area (Å²) in [6, 6.07) is 11.9. The molecule has 3 rings (SSSR count). The molecule has 1 aromatic carbocycles. The fraction of sp³-hybridized carbons (Fsp3) is 0.353. The third-order valence-electron chi connectivity index (χ3n) is 4.74. The van der Waals surface area contributed by atoms with Gasteiger partial charge in [0.05, 0.1) is 5.02 Å². The Kier molecular flexibility index (Phi) is 4.41. The van der Waals surface area contributed by atoms with E-state index in [2.05, 4.69) is 17.4 Å². The number of halogens is 2. The standard InChI is InChI=1S/C17H19Cl2N3O/c1-22-14(7-13(18)15(22)19)16(23)21-12-8-17(9-12,10-20)11-5-3-2-4-6-11/h2-7,12H,8-10,20H2,1H3,(H,21,23). The molecule has 1 heterocycles. The fourth-order valence-electron chi connectivity index (χ4n) is 3.32. The van der Waals surface area contributed by atoms with Crippen LogP contribution in [0.4, 0.5) is 0 Å². The molecule has 1 aliphatic rings. The zero-order chi connectivity index (χ0) is 16.6. The van der Waals surface area contributed by atoms with E-state index in [1.807, 2.05) is 18.2 Å². The molecule has 23 heavy (non-hydrogen) atoms. The van der Waals surface area contributed by atoms with Crippen molar-refractivity contribution in [3.63, 3.8) is 0 Å². The predicted molar refractivity (Wildman–Crippen MR) is 93.1 cm³/mol. The zero-order valence-corrected chi connectivity index (χ0v) is 14.4. The van der Waals surface area contributed by atoms with Gasteiger partial charge in [-0.15, -0.1) is 0 Å².